The van der Waals surface area contributed by atoms with Crippen LogP contribution in [0.2, 0.25) is 0 Å². The third kappa shape index (κ3) is 2.49. The van der Waals surface area contributed by atoms with Crippen molar-refractivity contribution in [3.05, 3.63) is 25.4 Å². The minimum atomic E-state index is -2.87. The first kappa shape index (κ1) is 12.0. The van der Waals surface area contributed by atoms with Crippen LogP contribution in [0.4, 0.5) is 14.6 Å². The van der Waals surface area contributed by atoms with Crippen molar-refractivity contribution in [3.8, 4) is 5.75 Å². The second-order valence-corrected chi connectivity index (χ2v) is 3.52. The fourth-order valence-corrected chi connectivity index (χ4v) is 1.63. The van der Waals surface area contributed by atoms with Crippen LogP contribution in [0.5, 0.6) is 5.75 Å². The number of halogens is 3. The lowest BCUT2D eigenvalue weighted by Crippen LogP contribution is -2.02. The van der Waals surface area contributed by atoms with Crippen molar-refractivity contribution in [2.75, 3.05) is 7.11 Å². The zero-order chi connectivity index (χ0) is 11.6. The van der Waals surface area contributed by atoms with Crippen molar-refractivity contribution in [1.82, 2.24) is 4.98 Å². The highest BCUT2D eigenvalue weighted by Crippen LogP contribution is 2.32. The Morgan fingerprint density at radius 2 is 2.27 bits per heavy atom. The van der Waals surface area contributed by atoms with Gasteiger partial charge in [0.2, 0.25) is 5.69 Å². The molecular formula is C7H5F2IN2O3. The van der Waals surface area contributed by atoms with Crippen LogP contribution < -0.4 is 4.74 Å². The zero-order valence-corrected chi connectivity index (χ0v) is 9.57. The normalized spacial score (nSPS) is 10.5. The monoisotopic (exact) mass is 330 g/mol. The molecule has 1 aromatic heterocycles. The maximum absolute atomic E-state index is 12.4. The number of hydrogen-bond donors (Lipinski definition) is 0. The van der Waals surface area contributed by atoms with Crippen molar-refractivity contribution >= 4 is 28.4 Å². The number of aromatic nitrogens is 1. The highest BCUT2D eigenvalue weighted by molar-refractivity contribution is 14.1. The average molecular weight is 330 g/mol. The van der Waals surface area contributed by atoms with Gasteiger partial charge in [0.25, 0.3) is 0 Å². The molecule has 0 atom stereocenters. The van der Waals surface area contributed by atoms with Gasteiger partial charge in [-0.1, -0.05) is 0 Å². The highest BCUT2D eigenvalue weighted by Gasteiger charge is 2.26. The van der Waals surface area contributed by atoms with Gasteiger partial charge in [0.05, 0.1) is 13.2 Å². The van der Waals surface area contributed by atoms with Crippen molar-refractivity contribution in [1.29, 1.82) is 0 Å². The third-order valence-electron chi connectivity index (χ3n) is 1.55. The molecule has 1 rings (SSSR count). The first-order valence-electron chi connectivity index (χ1n) is 3.64. The van der Waals surface area contributed by atoms with Crippen LogP contribution in [0.25, 0.3) is 0 Å². The van der Waals surface area contributed by atoms with Gasteiger partial charge in [-0.15, -0.1) is 0 Å². The smallest absolute Gasteiger partial charge is 0.367 e. The van der Waals surface area contributed by atoms with E-state index in [-0.39, 0.29) is 9.32 Å². The van der Waals surface area contributed by atoms with Gasteiger partial charge < -0.3 is 14.9 Å². The van der Waals surface area contributed by atoms with Crippen LogP contribution in [0, 0.1) is 13.7 Å². The quantitative estimate of drug-likeness (QED) is 0.485. The number of hydrogen-bond acceptors (Lipinski definition) is 4. The van der Waals surface area contributed by atoms with E-state index in [9.17, 15) is 18.9 Å². The molecule has 0 N–H and O–H groups in total. The van der Waals surface area contributed by atoms with Gasteiger partial charge >= 0.3 is 12.2 Å². The Labute approximate surface area is 96.7 Å². The van der Waals surface area contributed by atoms with E-state index in [2.05, 4.69) is 4.98 Å². The summed E-state index contributed by atoms with van der Waals surface area (Å²) in [5, 5.41) is 10.4. The molecule has 0 saturated carbocycles. The number of alkyl halides is 2. The molecule has 0 bridgehead atoms. The summed E-state index contributed by atoms with van der Waals surface area (Å²) in [4.78, 5) is 12.8. The average Bonchev–Trinajstić information content (AvgIpc) is 2.17. The Bertz CT molecular complexity index is 400. The first-order chi connectivity index (χ1) is 6.97. The Kier molecular flexibility index (Phi) is 3.72. The maximum atomic E-state index is 12.4. The lowest BCUT2D eigenvalue weighted by atomic mass is 10.3. The summed E-state index contributed by atoms with van der Waals surface area (Å²) in [6.07, 6.45) is -2.87. The van der Waals surface area contributed by atoms with Crippen LogP contribution >= 0.6 is 22.6 Å². The topological polar surface area (TPSA) is 65.3 Å². The van der Waals surface area contributed by atoms with Crippen LogP contribution in [0.3, 0.4) is 0 Å². The van der Waals surface area contributed by atoms with E-state index in [1.54, 1.807) is 22.6 Å². The van der Waals surface area contributed by atoms with E-state index in [0.717, 1.165) is 6.07 Å². The van der Waals surface area contributed by atoms with E-state index in [1.807, 2.05) is 0 Å². The molecule has 0 amide bonds. The van der Waals surface area contributed by atoms with E-state index >= 15 is 0 Å². The van der Waals surface area contributed by atoms with Crippen LogP contribution in [0.15, 0.2) is 6.07 Å². The molecule has 8 heteroatoms. The SMILES string of the molecule is COc1cc([N+](=O)[O-])nc(C(F)F)c1I. The van der Waals surface area contributed by atoms with Crippen LogP contribution in [-0.4, -0.2) is 17.0 Å². The fourth-order valence-electron chi connectivity index (χ4n) is 0.898. The molecule has 15 heavy (non-hydrogen) atoms. The largest absolute Gasteiger partial charge is 0.495 e. The second kappa shape index (κ2) is 4.64. The predicted molar refractivity (Wildman–Crippen MR) is 55.1 cm³/mol. The van der Waals surface area contributed by atoms with Crippen molar-refractivity contribution in [3.63, 3.8) is 0 Å². The molecule has 0 fully saturated rings. The van der Waals surface area contributed by atoms with E-state index in [4.69, 9.17) is 4.74 Å². The molecule has 0 aromatic carbocycles. The van der Waals surface area contributed by atoms with Crippen molar-refractivity contribution in [2.24, 2.45) is 0 Å². The summed E-state index contributed by atoms with van der Waals surface area (Å²) in [7, 11) is 1.25. The summed E-state index contributed by atoms with van der Waals surface area (Å²) in [5.41, 5.74) is -0.637. The van der Waals surface area contributed by atoms with E-state index in [0.29, 0.717) is 0 Å². The fraction of sp³-hybridized carbons (Fsp3) is 0.286. The maximum Gasteiger partial charge on any atom is 0.367 e. The van der Waals surface area contributed by atoms with Gasteiger partial charge in [-0.25, -0.2) is 8.78 Å². The van der Waals surface area contributed by atoms with Gasteiger partial charge in [0.15, 0.2) is 0 Å². The van der Waals surface area contributed by atoms with Gasteiger partial charge in [-0.2, -0.15) is 0 Å². The Hall–Kier alpha value is -1.06. The zero-order valence-electron chi connectivity index (χ0n) is 7.41. The lowest BCUT2D eigenvalue weighted by Gasteiger charge is -2.04. The molecule has 82 valence electrons. The Morgan fingerprint density at radius 1 is 1.67 bits per heavy atom. The van der Waals surface area contributed by atoms with Gasteiger partial charge in [0.1, 0.15) is 9.32 Å². The van der Waals surface area contributed by atoms with Crippen LogP contribution in [-0.2, 0) is 0 Å². The van der Waals surface area contributed by atoms with Crippen molar-refractivity contribution < 1.29 is 18.4 Å². The minimum Gasteiger partial charge on any atom is -0.495 e. The molecule has 0 saturated heterocycles. The number of rotatable bonds is 3. The molecule has 0 aliphatic heterocycles. The summed E-state index contributed by atoms with van der Waals surface area (Å²) in [5.74, 6) is -0.629. The summed E-state index contributed by atoms with van der Waals surface area (Å²) >= 11 is 1.61. The van der Waals surface area contributed by atoms with Gasteiger partial charge in [-0.3, -0.25) is 0 Å². The van der Waals surface area contributed by atoms with Gasteiger partial charge in [-0.05, 0) is 32.5 Å². The lowest BCUT2D eigenvalue weighted by molar-refractivity contribution is -0.389. The first-order valence-corrected chi connectivity index (χ1v) is 4.72. The molecule has 5 nitrogen and oxygen atoms in total. The van der Waals surface area contributed by atoms with Gasteiger partial charge in [0, 0.05) is 0 Å². The molecule has 0 unspecified atom stereocenters. The van der Waals surface area contributed by atoms with Crippen LogP contribution in [0.1, 0.15) is 12.1 Å². The molecule has 0 spiro atoms. The van der Waals surface area contributed by atoms with E-state index in [1.165, 1.54) is 7.11 Å². The highest BCUT2D eigenvalue weighted by atomic mass is 127. The van der Waals surface area contributed by atoms with Crippen molar-refractivity contribution in [2.45, 2.75) is 6.43 Å². The molecular weight excluding hydrogens is 325 g/mol. The number of nitrogens with zero attached hydrogens (tertiary/aromatic N) is 2. The standard InChI is InChI=1S/C7H5F2IN2O3/c1-15-3-2-4(12(13)14)11-6(5(3)10)7(8)9/h2,7H,1H3. The summed E-state index contributed by atoms with van der Waals surface area (Å²) in [6, 6.07) is 1.01. The minimum absolute atomic E-state index is 0.0209. The number of pyridine rings is 1. The third-order valence-corrected chi connectivity index (χ3v) is 2.63. The molecule has 0 aliphatic carbocycles. The summed E-state index contributed by atoms with van der Waals surface area (Å²) < 4.78 is 29.7. The molecule has 1 aromatic rings. The number of ether oxygens (including phenoxy) is 1. The Morgan fingerprint density at radius 3 is 2.67 bits per heavy atom. The number of methoxy groups -OCH3 is 1. The van der Waals surface area contributed by atoms with E-state index < -0.39 is 22.9 Å². The Balaban J connectivity index is 3.38. The molecule has 0 radical (unpaired) electrons. The second-order valence-electron chi connectivity index (χ2n) is 2.44. The predicted octanol–water partition coefficient (Wildman–Crippen LogP) is 2.54. The molecule has 0 aliphatic rings. The number of nitro groups is 1. The summed E-state index contributed by atoms with van der Waals surface area (Å²) in [6.45, 7) is 0. The molecule has 1 heterocycles.